The Balaban J connectivity index is 2.14. The molecule has 0 aliphatic carbocycles. The smallest absolute Gasteiger partial charge is 0.275 e. The molecule has 2 N–H and O–H groups in total. The van der Waals surface area contributed by atoms with Crippen LogP contribution in [-0.2, 0) is 0 Å². The number of nitrogens with zero attached hydrogens (tertiary/aromatic N) is 2. The zero-order valence-corrected chi connectivity index (χ0v) is 12.0. The van der Waals surface area contributed by atoms with E-state index in [0.717, 1.165) is 18.5 Å². The van der Waals surface area contributed by atoms with Gasteiger partial charge in [0, 0.05) is 12.2 Å². The number of carbonyl (C=O) groups excluding carboxylic acids is 1. The van der Waals surface area contributed by atoms with Gasteiger partial charge in [0.2, 0.25) is 0 Å². The minimum absolute atomic E-state index is 0.180. The van der Waals surface area contributed by atoms with E-state index in [0.29, 0.717) is 11.5 Å². The molecule has 6 heteroatoms. The van der Waals surface area contributed by atoms with Crippen LogP contribution >= 0.6 is 0 Å². The lowest BCUT2D eigenvalue weighted by atomic mass is 10.2. The molecular formula is C15H17FN4O. The topological polar surface area (TPSA) is 66.9 Å². The van der Waals surface area contributed by atoms with Crippen LogP contribution in [0.3, 0.4) is 0 Å². The second kappa shape index (κ2) is 6.78. The number of halogens is 1. The van der Waals surface area contributed by atoms with Gasteiger partial charge in [-0.3, -0.25) is 9.78 Å². The lowest BCUT2D eigenvalue weighted by Crippen LogP contribution is -2.16. The molecule has 110 valence electrons. The van der Waals surface area contributed by atoms with Crippen molar-refractivity contribution in [3.8, 4) is 0 Å². The van der Waals surface area contributed by atoms with Crippen molar-refractivity contribution in [2.75, 3.05) is 17.2 Å². The van der Waals surface area contributed by atoms with Crippen molar-refractivity contribution in [2.45, 2.75) is 20.3 Å². The molecular weight excluding hydrogens is 271 g/mol. The molecule has 1 amide bonds. The van der Waals surface area contributed by atoms with Crippen molar-refractivity contribution in [1.29, 1.82) is 0 Å². The normalized spacial score (nSPS) is 10.2. The second-order valence-electron chi connectivity index (χ2n) is 4.63. The molecule has 1 aromatic carbocycles. The van der Waals surface area contributed by atoms with Crippen LogP contribution in [-0.4, -0.2) is 22.4 Å². The van der Waals surface area contributed by atoms with E-state index in [1.54, 1.807) is 19.2 Å². The molecule has 0 bridgehead atoms. The number of aromatic nitrogens is 2. The second-order valence-corrected chi connectivity index (χ2v) is 4.63. The maximum atomic E-state index is 13.2. The number of hydrogen-bond donors (Lipinski definition) is 2. The predicted octanol–water partition coefficient (Wildman–Crippen LogP) is 3.00. The van der Waals surface area contributed by atoms with Gasteiger partial charge < -0.3 is 10.6 Å². The molecule has 2 aromatic rings. The summed E-state index contributed by atoms with van der Waals surface area (Å²) >= 11 is 0. The third kappa shape index (κ3) is 3.98. The maximum Gasteiger partial charge on any atom is 0.275 e. The zero-order chi connectivity index (χ0) is 15.2. The van der Waals surface area contributed by atoms with Crippen molar-refractivity contribution in [1.82, 2.24) is 9.97 Å². The van der Waals surface area contributed by atoms with Gasteiger partial charge in [-0.05, 0) is 31.0 Å². The van der Waals surface area contributed by atoms with Gasteiger partial charge in [-0.2, -0.15) is 0 Å². The summed E-state index contributed by atoms with van der Waals surface area (Å²) < 4.78 is 13.2. The largest absolute Gasteiger partial charge is 0.369 e. The first-order valence-corrected chi connectivity index (χ1v) is 6.73. The quantitative estimate of drug-likeness (QED) is 0.887. The van der Waals surface area contributed by atoms with Gasteiger partial charge in [0.15, 0.2) is 0 Å². The molecule has 0 aliphatic heterocycles. The Kier molecular flexibility index (Phi) is 4.81. The van der Waals surface area contributed by atoms with Crippen LogP contribution in [0.15, 0.2) is 30.6 Å². The number of amides is 1. The standard InChI is InChI=1S/C15H17FN4O/c1-3-6-18-14-9-17-8-13(19-14)15(21)20-12-7-11(16)5-4-10(12)2/h4-5,7-9H,3,6H2,1-2H3,(H,18,19)(H,20,21). The van der Waals surface area contributed by atoms with E-state index in [9.17, 15) is 9.18 Å². The molecule has 0 aliphatic rings. The van der Waals surface area contributed by atoms with Crippen LogP contribution in [0, 0.1) is 12.7 Å². The van der Waals surface area contributed by atoms with Crippen LogP contribution < -0.4 is 10.6 Å². The Hall–Kier alpha value is -2.50. The summed E-state index contributed by atoms with van der Waals surface area (Å²) in [6.45, 7) is 4.58. The van der Waals surface area contributed by atoms with Crippen LogP contribution in [0.2, 0.25) is 0 Å². The van der Waals surface area contributed by atoms with E-state index in [4.69, 9.17) is 0 Å². The predicted molar refractivity (Wildman–Crippen MR) is 79.9 cm³/mol. The monoisotopic (exact) mass is 288 g/mol. The Morgan fingerprint density at radius 1 is 1.33 bits per heavy atom. The molecule has 0 atom stereocenters. The lowest BCUT2D eigenvalue weighted by molar-refractivity contribution is 0.102. The average molecular weight is 288 g/mol. The molecule has 0 saturated heterocycles. The summed E-state index contributed by atoms with van der Waals surface area (Å²) in [5.74, 6) is -0.280. The Morgan fingerprint density at radius 2 is 2.14 bits per heavy atom. The van der Waals surface area contributed by atoms with E-state index in [2.05, 4.69) is 20.6 Å². The molecule has 2 rings (SSSR count). The van der Waals surface area contributed by atoms with Crippen LogP contribution in [0.1, 0.15) is 29.4 Å². The summed E-state index contributed by atoms with van der Waals surface area (Å²) in [4.78, 5) is 20.3. The number of carbonyl (C=O) groups is 1. The van der Waals surface area contributed by atoms with Crippen molar-refractivity contribution in [3.05, 3.63) is 47.7 Å². The van der Waals surface area contributed by atoms with Crippen LogP contribution in [0.25, 0.3) is 0 Å². The first-order chi connectivity index (χ1) is 10.1. The van der Waals surface area contributed by atoms with E-state index >= 15 is 0 Å². The maximum absolute atomic E-state index is 13.2. The SMILES string of the molecule is CCCNc1cncc(C(=O)Nc2cc(F)ccc2C)n1. The highest BCUT2D eigenvalue weighted by Crippen LogP contribution is 2.16. The average Bonchev–Trinajstić information content (AvgIpc) is 2.49. The van der Waals surface area contributed by atoms with Gasteiger partial charge in [-0.1, -0.05) is 13.0 Å². The molecule has 21 heavy (non-hydrogen) atoms. The van der Waals surface area contributed by atoms with Gasteiger partial charge >= 0.3 is 0 Å². The number of anilines is 2. The molecule has 1 heterocycles. The molecule has 1 aromatic heterocycles. The Labute approximate surface area is 122 Å². The summed E-state index contributed by atoms with van der Waals surface area (Å²) in [5, 5.41) is 5.70. The van der Waals surface area contributed by atoms with Gasteiger partial charge in [0.25, 0.3) is 5.91 Å². The highest BCUT2D eigenvalue weighted by Gasteiger charge is 2.11. The minimum Gasteiger partial charge on any atom is -0.369 e. The molecule has 0 fully saturated rings. The molecule has 0 unspecified atom stereocenters. The van der Waals surface area contributed by atoms with Crippen molar-refractivity contribution in [3.63, 3.8) is 0 Å². The molecule has 5 nitrogen and oxygen atoms in total. The highest BCUT2D eigenvalue weighted by molar-refractivity contribution is 6.03. The third-order valence-electron chi connectivity index (χ3n) is 2.87. The van der Waals surface area contributed by atoms with Crippen molar-refractivity contribution >= 4 is 17.4 Å². The fourth-order valence-corrected chi connectivity index (χ4v) is 1.73. The number of rotatable bonds is 5. The van der Waals surface area contributed by atoms with E-state index in [1.165, 1.54) is 18.3 Å². The Morgan fingerprint density at radius 3 is 2.90 bits per heavy atom. The van der Waals surface area contributed by atoms with E-state index in [-0.39, 0.29) is 5.69 Å². The summed E-state index contributed by atoms with van der Waals surface area (Å²) in [5.41, 5.74) is 1.38. The fourth-order valence-electron chi connectivity index (χ4n) is 1.73. The van der Waals surface area contributed by atoms with Crippen molar-refractivity contribution < 1.29 is 9.18 Å². The van der Waals surface area contributed by atoms with Gasteiger partial charge in [-0.25, -0.2) is 9.37 Å². The van der Waals surface area contributed by atoms with Crippen molar-refractivity contribution in [2.24, 2.45) is 0 Å². The number of benzene rings is 1. The lowest BCUT2D eigenvalue weighted by Gasteiger charge is -2.09. The van der Waals surface area contributed by atoms with Crippen LogP contribution in [0.4, 0.5) is 15.9 Å². The minimum atomic E-state index is -0.420. The van der Waals surface area contributed by atoms with Gasteiger partial charge in [0.1, 0.15) is 17.3 Å². The first-order valence-electron chi connectivity index (χ1n) is 6.73. The highest BCUT2D eigenvalue weighted by atomic mass is 19.1. The summed E-state index contributed by atoms with van der Waals surface area (Å²) in [6.07, 6.45) is 3.88. The first kappa shape index (κ1) is 14.9. The molecule has 0 spiro atoms. The summed E-state index contributed by atoms with van der Waals surface area (Å²) in [6, 6.07) is 4.23. The molecule has 0 radical (unpaired) electrons. The van der Waals surface area contributed by atoms with E-state index in [1.807, 2.05) is 6.92 Å². The van der Waals surface area contributed by atoms with Gasteiger partial charge in [-0.15, -0.1) is 0 Å². The van der Waals surface area contributed by atoms with Crippen LogP contribution in [0.5, 0.6) is 0 Å². The molecule has 0 saturated carbocycles. The number of hydrogen-bond acceptors (Lipinski definition) is 4. The number of aryl methyl sites for hydroxylation is 1. The number of nitrogens with one attached hydrogen (secondary N) is 2. The fraction of sp³-hybridized carbons (Fsp3) is 0.267. The zero-order valence-electron chi connectivity index (χ0n) is 12.0. The van der Waals surface area contributed by atoms with Gasteiger partial charge in [0.05, 0.1) is 12.4 Å². The summed E-state index contributed by atoms with van der Waals surface area (Å²) in [7, 11) is 0. The Bertz CT molecular complexity index is 645. The van der Waals surface area contributed by atoms with E-state index < -0.39 is 11.7 Å². The third-order valence-corrected chi connectivity index (χ3v) is 2.87.